The smallest absolute Gasteiger partial charge is 0.310 e. The zero-order valence-corrected chi connectivity index (χ0v) is 8.62. The molecule has 1 aromatic rings. The van der Waals surface area contributed by atoms with E-state index in [0.717, 1.165) is 6.07 Å². The lowest BCUT2D eigenvalue weighted by molar-refractivity contribution is -0.142. The number of ether oxygens (including phenoxy) is 2. The molecule has 0 aliphatic rings. The summed E-state index contributed by atoms with van der Waals surface area (Å²) in [4.78, 5) is 14.6. The van der Waals surface area contributed by atoms with E-state index in [-0.39, 0.29) is 12.4 Å². The highest BCUT2D eigenvalue weighted by Gasteiger charge is 2.10. The second-order valence-electron chi connectivity index (χ2n) is 2.80. The minimum Gasteiger partial charge on any atom is -0.496 e. The normalized spacial score (nSPS) is 9.80. The molecular weight excluding hydrogens is 201 g/mol. The molecule has 0 amide bonds. The van der Waals surface area contributed by atoms with Crippen LogP contribution >= 0.6 is 0 Å². The Morgan fingerprint density at radius 3 is 2.93 bits per heavy atom. The Labute approximate surface area is 87.0 Å². The zero-order chi connectivity index (χ0) is 11.3. The number of nitrogens with zero attached hydrogens (tertiary/aromatic N) is 1. The van der Waals surface area contributed by atoms with E-state index in [2.05, 4.69) is 4.98 Å². The van der Waals surface area contributed by atoms with Crippen molar-refractivity contribution < 1.29 is 18.7 Å². The van der Waals surface area contributed by atoms with Gasteiger partial charge in [-0.1, -0.05) is 0 Å². The molecule has 0 saturated heterocycles. The second kappa shape index (κ2) is 5.29. The van der Waals surface area contributed by atoms with Gasteiger partial charge in [0.2, 0.25) is 5.95 Å². The number of carbonyl (C=O) groups is 1. The van der Waals surface area contributed by atoms with Gasteiger partial charge in [-0.15, -0.1) is 0 Å². The van der Waals surface area contributed by atoms with Crippen molar-refractivity contribution in [1.29, 1.82) is 0 Å². The van der Waals surface area contributed by atoms with Crippen LogP contribution in [-0.2, 0) is 16.0 Å². The van der Waals surface area contributed by atoms with E-state index in [0.29, 0.717) is 17.9 Å². The number of esters is 1. The number of aromatic nitrogens is 1. The molecule has 0 N–H and O–H groups in total. The summed E-state index contributed by atoms with van der Waals surface area (Å²) >= 11 is 0. The standard InChI is InChI=1S/C10H12FNO3/c1-3-15-10(13)4-7-6-12-9(11)5-8(7)14-2/h5-6H,3-4H2,1-2H3. The van der Waals surface area contributed by atoms with Gasteiger partial charge < -0.3 is 9.47 Å². The predicted molar refractivity (Wildman–Crippen MR) is 51.1 cm³/mol. The third kappa shape index (κ3) is 3.19. The second-order valence-corrected chi connectivity index (χ2v) is 2.80. The first kappa shape index (κ1) is 11.4. The molecule has 0 unspecified atom stereocenters. The zero-order valence-electron chi connectivity index (χ0n) is 8.62. The Bertz CT molecular complexity index is 355. The molecule has 0 spiro atoms. The van der Waals surface area contributed by atoms with E-state index in [1.165, 1.54) is 13.3 Å². The van der Waals surface area contributed by atoms with Crippen molar-refractivity contribution in [2.75, 3.05) is 13.7 Å². The van der Waals surface area contributed by atoms with Crippen molar-refractivity contribution in [3.63, 3.8) is 0 Å². The first-order valence-electron chi connectivity index (χ1n) is 4.51. The van der Waals surface area contributed by atoms with E-state index in [9.17, 15) is 9.18 Å². The molecule has 0 aliphatic carbocycles. The van der Waals surface area contributed by atoms with Gasteiger partial charge in [0, 0.05) is 17.8 Å². The van der Waals surface area contributed by atoms with Crippen molar-refractivity contribution in [3.05, 3.63) is 23.8 Å². The topological polar surface area (TPSA) is 48.4 Å². The summed E-state index contributed by atoms with van der Waals surface area (Å²) < 4.78 is 22.4. The Hall–Kier alpha value is -1.65. The summed E-state index contributed by atoms with van der Waals surface area (Å²) in [7, 11) is 1.41. The van der Waals surface area contributed by atoms with Crippen molar-refractivity contribution in [2.24, 2.45) is 0 Å². The fourth-order valence-corrected chi connectivity index (χ4v) is 1.13. The van der Waals surface area contributed by atoms with Crippen molar-refractivity contribution >= 4 is 5.97 Å². The lowest BCUT2D eigenvalue weighted by Gasteiger charge is -2.07. The molecule has 15 heavy (non-hydrogen) atoms. The van der Waals surface area contributed by atoms with Gasteiger partial charge in [0.25, 0.3) is 0 Å². The number of methoxy groups -OCH3 is 1. The maximum Gasteiger partial charge on any atom is 0.310 e. The molecule has 1 heterocycles. The van der Waals surface area contributed by atoms with Gasteiger partial charge in [0.05, 0.1) is 20.1 Å². The summed E-state index contributed by atoms with van der Waals surface area (Å²) in [5.74, 6) is -0.723. The molecule has 0 aromatic carbocycles. The van der Waals surface area contributed by atoms with Gasteiger partial charge in [-0.25, -0.2) is 4.98 Å². The Morgan fingerprint density at radius 1 is 1.60 bits per heavy atom. The van der Waals surface area contributed by atoms with Crippen molar-refractivity contribution in [1.82, 2.24) is 4.98 Å². The molecule has 1 rings (SSSR count). The van der Waals surface area contributed by atoms with Crippen LogP contribution in [0.15, 0.2) is 12.3 Å². The van der Waals surface area contributed by atoms with Crippen molar-refractivity contribution in [3.8, 4) is 5.75 Å². The number of hydrogen-bond donors (Lipinski definition) is 0. The van der Waals surface area contributed by atoms with E-state index >= 15 is 0 Å². The highest BCUT2D eigenvalue weighted by atomic mass is 19.1. The lowest BCUT2D eigenvalue weighted by Crippen LogP contribution is -2.09. The minimum absolute atomic E-state index is 0.0320. The Balaban J connectivity index is 2.80. The van der Waals surface area contributed by atoms with Gasteiger partial charge in [-0.3, -0.25) is 4.79 Å². The van der Waals surface area contributed by atoms with Gasteiger partial charge in [-0.05, 0) is 6.92 Å². The van der Waals surface area contributed by atoms with Crippen molar-refractivity contribution in [2.45, 2.75) is 13.3 Å². The van der Waals surface area contributed by atoms with Crippen LogP contribution in [0.25, 0.3) is 0 Å². The quantitative estimate of drug-likeness (QED) is 0.559. The van der Waals surface area contributed by atoms with Crippen LogP contribution in [0.2, 0.25) is 0 Å². The number of halogens is 1. The highest BCUT2D eigenvalue weighted by Crippen LogP contribution is 2.18. The van der Waals surface area contributed by atoms with Crippen LogP contribution in [0.4, 0.5) is 4.39 Å². The van der Waals surface area contributed by atoms with Gasteiger partial charge in [0.1, 0.15) is 5.75 Å². The molecule has 0 bridgehead atoms. The number of carbonyl (C=O) groups excluding carboxylic acids is 1. The lowest BCUT2D eigenvalue weighted by atomic mass is 10.2. The first-order valence-corrected chi connectivity index (χ1v) is 4.51. The molecule has 0 fully saturated rings. The van der Waals surface area contributed by atoms with Crippen LogP contribution in [0, 0.1) is 5.95 Å². The van der Waals surface area contributed by atoms with Crippen LogP contribution in [0.3, 0.4) is 0 Å². The first-order chi connectivity index (χ1) is 7.17. The summed E-state index contributed by atoms with van der Waals surface area (Å²) in [6, 6.07) is 1.13. The largest absolute Gasteiger partial charge is 0.496 e. The molecule has 0 radical (unpaired) electrons. The summed E-state index contributed by atoms with van der Waals surface area (Å²) in [5, 5.41) is 0. The third-order valence-corrected chi connectivity index (χ3v) is 1.77. The summed E-state index contributed by atoms with van der Waals surface area (Å²) in [6.07, 6.45) is 1.30. The monoisotopic (exact) mass is 213 g/mol. The van der Waals surface area contributed by atoms with Crippen LogP contribution in [-0.4, -0.2) is 24.7 Å². The fraction of sp³-hybridized carbons (Fsp3) is 0.400. The predicted octanol–water partition coefficient (Wildman–Crippen LogP) is 1.33. The number of rotatable bonds is 4. The van der Waals surface area contributed by atoms with Gasteiger partial charge >= 0.3 is 5.97 Å². The van der Waals surface area contributed by atoms with Crippen LogP contribution in [0.5, 0.6) is 5.75 Å². The van der Waals surface area contributed by atoms with Gasteiger partial charge in [0.15, 0.2) is 0 Å². The van der Waals surface area contributed by atoms with E-state index < -0.39 is 5.95 Å². The fourth-order valence-electron chi connectivity index (χ4n) is 1.13. The summed E-state index contributed by atoms with van der Waals surface area (Å²) in [6.45, 7) is 2.04. The van der Waals surface area contributed by atoms with Crippen LogP contribution < -0.4 is 4.74 Å². The minimum atomic E-state index is -0.639. The molecule has 5 heteroatoms. The van der Waals surface area contributed by atoms with Crippen LogP contribution in [0.1, 0.15) is 12.5 Å². The average molecular weight is 213 g/mol. The highest BCUT2D eigenvalue weighted by molar-refractivity contribution is 5.73. The van der Waals surface area contributed by atoms with E-state index in [1.807, 2.05) is 0 Å². The number of hydrogen-bond acceptors (Lipinski definition) is 4. The maximum atomic E-state index is 12.7. The van der Waals surface area contributed by atoms with Gasteiger partial charge in [-0.2, -0.15) is 4.39 Å². The molecular formula is C10H12FNO3. The molecule has 82 valence electrons. The third-order valence-electron chi connectivity index (χ3n) is 1.77. The summed E-state index contributed by atoms with van der Waals surface area (Å²) in [5.41, 5.74) is 0.511. The Kier molecular flexibility index (Phi) is 4.03. The molecule has 0 saturated carbocycles. The molecule has 1 aromatic heterocycles. The maximum absolute atomic E-state index is 12.7. The van der Waals surface area contributed by atoms with E-state index in [1.54, 1.807) is 6.92 Å². The molecule has 0 aliphatic heterocycles. The molecule has 4 nitrogen and oxygen atoms in total. The Morgan fingerprint density at radius 2 is 2.33 bits per heavy atom. The average Bonchev–Trinajstić information content (AvgIpc) is 2.21. The van der Waals surface area contributed by atoms with E-state index in [4.69, 9.17) is 9.47 Å². The molecule has 0 atom stereocenters. The SMILES string of the molecule is CCOC(=O)Cc1cnc(F)cc1OC. The number of pyridine rings is 1.